The standard InChI is InChI=1S/C14H25NO3Si.2C7H9O3P/c1-14(2,3)19(4,5)18-7-6-11-12-8-10(16)9-15(12)13(11)17;2*8-11(9,10)6-7-4-2-1-3-5-7/h11-12H,6-9H2,1-5H3;2*1-5H,6H2,(H2,8,9,10)/t11-,12+;;/m0../s1. The first-order chi connectivity index (χ1) is 18.8. The molecule has 4 rings (SSSR count). The second kappa shape index (κ2) is 14.5. The molecule has 4 N–H and O–H groups in total. The lowest BCUT2D eigenvalue weighted by Crippen LogP contribution is -2.57. The van der Waals surface area contributed by atoms with Crippen LogP contribution in [0.25, 0.3) is 0 Å². The molecule has 2 saturated heterocycles. The number of nitrogens with zero attached hydrogens (tertiary/aromatic N) is 1. The van der Waals surface area contributed by atoms with Gasteiger partial charge in [-0.25, -0.2) is 0 Å². The van der Waals surface area contributed by atoms with Crippen molar-refractivity contribution in [2.45, 2.75) is 70.1 Å². The third kappa shape index (κ3) is 12.1. The first-order valence-electron chi connectivity index (χ1n) is 13.4. The Labute approximate surface area is 243 Å². The van der Waals surface area contributed by atoms with Crippen LogP contribution in [0.1, 0.15) is 44.7 Å². The van der Waals surface area contributed by atoms with E-state index in [0.717, 1.165) is 6.42 Å². The Morgan fingerprint density at radius 2 is 1.29 bits per heavy atom. The molecule has 2 fully saturated rings. The second-order valence-corrected chi connectivity index (χ2v) is 20.0. The van der Waals surface area contributed by atoms with Crippen molar-refractivity contribution in [3.63, 3.8) is 0 Å². The van der Waals surface area contributed by atoms with Gasteiger partial charge in [0.05, 0.1) is 30.8 Å². The molecule has 2 aromatic rings. The first kappa shape index (κ1) is 35.3. The molecule has 0 unspecified atom stereocenters. The Balaban J connectivity index is 0.000000230. The van der Waals surface area contributed by atoms with Crippen molar-refractivity contribution in [2.24, 2.45) is 5.92 Å². The van der Waals surface area contributed by atoms with E-state index < -0.39 is 23.5 Å². The average molecular weight is 628 g/mol. The van der Waals surface area contributed by atoms with Crippen molar-refractivity contribution in [3.8, 4) is 0 Å². The molecule has 0 aromatic heterocycles. The molecule has 0 aliphatic carbocycles. The van der Waals surface area contributed by atoms with Crippen LogP contribution in [0.3, 0.4) is 0 Å². The third-order valence-corrected chi connectivity index (χ3v) is 13.5. The highest BCUT2D eigenvalue weighted by Gasteiger charge is 2.52. The van der Waals surface area contributed by atoms with Crippen molar-refractivity contribution in [3.05, 3.63) is 71.8 Å². The van der Waals surface area contributed by atoms with E-state index in [0.29, 0.717) is 30.7 Å². The number of rotatable bonds is 8. The summed E-state index contributed by atoms with van der Waals surface area (Å²) in [5.74, 6) is 0.372. The van der Waals surface area contributed by atoms with Crippen LogP contribution in [0, 0.1) is 5.92 Å². The Hall–Kier alpha value is -1.94. The highest BCUT2D eigenvalue weighted by molar-refractivity contribution is 7.51. The van der Waals surface area contributed by atoms with E-state index in [1.807, 2.05) is 12.1 Å². The lowest BCUT2D eigenvalue weighted by molar-refractivity contribution is -0.153. The van der Waals surface area contributed by atoms with Gasteiger partial charge in [-0.2, -0.15) is 0 Å². The normalized spacial score (nSPS) is 18.9. The van der Waals surface area contributed by atoms with Gasteiger partial charge in [-0.1, -0.05) is 81.4 Å². The lowest BCUT2D eigenvalue weighted by atomic mass is 9.86. The number of amides is 1. The fourth-order valence-corrected chi connectivity index (χ4v) is 6.66. The Morgan fingerprint density at radius 3 is 1.68 bits per heavy atom. The van der Waals surface area contributed by atoms with Crippen LogP contribution < -0.4 is 0 Å². The summed E-state index contributed by atoms with van der Waals surface area (Å²) in [5, 5.41) is 0.200. The zero-order valence-electron chi connectivity index (χ0n) is 24.3. The Morgan fingerprint density at radius 1 is 0.854 bits per heavy atom. The minimum atomic E-state index is -3.89. The van der Waals surface area contributed by atoms with Crippen molar-refractivity contribution in [2.75, 3.05) is 13.2 Å². The van der Waals surface area contributed by atoms with Gasteiger partial charge >= 0.3 is 15.2 Å². The van der Waals surface area contributed by atoms with Crippen LogP contribution in [-0.2, 0) is 35.5 Å². The predicted octanol–water partition coefficient (Wildman–Crippen LogP) is 4.93. The SMILES string of the molecule is CC(C)(C)[Si](C)(C)OCC[C@@H]1C(=O)N2CC(=O)C[C@H]12.O=P(O)(O)Cc1ccccc1.O=P(O)(O)Cc1ccccc1. The topological polar surface area (TPSA) is 162 Å². The summed E-state index contributed by atoms with van der Waals surface area (Å²) in [6.07, 6.45) is 0.970. The Bertz CT molecular complexity index is 1180. The smallest absolute Gasteiger partial charge is 0.329 e. The molecule has 41 heavy (non-hydrogen) atoms. The molecule has 2 aliphatic rings. The number of Topliss-reactive ketones (excluding diaryl/α,β-unsaturated/α-hetero) is 1. The van der Waals surface area contributed by atoms with Crippen LogP contribution in [0.4, 0.5) is 0 Å². The number of hydrogen-bond donors (Lipinski definition) is 4. The van der Waals surface area contributed by atoms with Crippen molar-refractivity contribution in [1.29, 1.82) is 0 Å². The number of carbonyl (C=O) groups excluding carboxylic acids is 2. The van der Waals surface area contributed by atoms with Gasteiger partial charge in [-0.05, 0) is 35.7 Å². The molecule has 13 heteroatoms. The summed E-state index contributed by atoms with van der Waals surface area (Å²) in [5.41, 5.74) is 1.33. The number of ketones is 1. The minimum absolute atomic E-state index is 0.0243. The monoisotopic (exact) mass is 627 g/mol. The molecule has 10 nitrogen and oxygen atoms in total. The summed E-state index contributed by atoms with van der Waals surface area (Å²) in [6, 6.07) is 17.6. The van der Waals surface area contributed by atoms with Crippen molar-refractivity contribution in [1.82, 2.24) is 4.90 Å². The van der Waals surface area contributed by atoms with Gasteiger partial charge in [0.2, 0.25) is 5.91 Å². The van der Waals surface area contributed by atoms with Crippen molar-refractivity contribution < 1.29 is 42.7 Å². The number of fused-ring (bicyclic) bond motifs is 1. The van der Waals surface area contributed by atoms with Crippen molar-refractivity contribution >= 4 is 35.2 Å². The molecule has 2 aromatic carbocycles. The summed E-state index contributed by atoms with van der Waals surface area (Å²) < 4.78 is 27.1. The van der Waals surface area contributed by atoms with Crippen LogP contribution in [0.15, 0.2) is 60.7 Å². The summed E-state index contributed by atoms with van der Waals surface area (Å²) in [7, 11) is -9.50. The molecule has 228 valence electrons. The van der Waals surface area contributed by atoms with Crippen LogP contribution in [0.5, 0.6) is 0 Å². The van der Waals surface area contributed by atoms with Crippen LogP contribution in [-0.4, -0.2) is 63.7 Å². The fourth-order valence-electron chi connectivity index (χ4n) is 4.23. The predicted molar refractivity (Wildman–Crippen MR) is 161 cm³/mol. The maximum atomic E-state index is 11.9. The maximum absolute atomic E-state index is 11.9. The molecule has 2 aliphatic heterocycles. The zero-order valence-corrected chi connectivity index (χ0v) is 27.1. The van der Waals surface area contributed by atoms with E-state index in [1.165, 1.54) is 0 Å². The molecule has 0 radical (unpaired) electrons. The molecular formula is C28H43NO9P2Si. The minimum Gasteiger partial charge on any atom is -0.417 e. The molecular weight excluding hydrogens is 584 g/mol. The molecule has 0 bridgehead atoms. The van der Waals surface area contributed by atoms with Gasteiger partial charge in [0.25, 0.3) is 0 Å². The van der Waals surface area contributed by atoms with E-state index in [9.17, 15) is 18.7 Å². The van der Waals surface area contributed by atoms with Gasteiger partial charge in [0.1, 0.15) is 0 Å². The second-order valence-electron chi connectivity index (χ2n) is 11.9. The van der Waals surface area contributed by atoms with Crippen LogP contribution in [0.2, 0.25) is 18.1 Å². The summed E-state index contributed by atoms with van der Waals surface area (Å²) in [4.78, 5) is 59.3. The molecule has 1 amide bonds. The van der Waals surface area contributed by atoms with E-state index in [-0.39, 0.29) is 41.0 Å². The zero-order chi connectivity index (χ0) is 31.1. The highest BCUT2D eigenvalue weighted by atomic mass is 31.2. The van der Waals surface area contributed by atoms with Gasteiger partial charge in [0, 0.05) is 13.0 Å². The van der Waals surface area contributed by atoms with Crippen LogP contribution >= 0.6 is 15.2 Å². The highest BCUT2D eigenvalue weighted by Crippen LogP contribution is 2.40. The van der Waals surface area contributed by atoms with Gasteiger partial charge < -0.3 is 28.9 Å². The first-order valence-corrected chi connectivity index (χ1v) is 19.9. The van der Waals surface area contributed by atoms with E-state index >= 15 is 0 Å². The maximum Gasteiger partial charge on any atom is 0.329 e. The Kier molecular flexibility index (Phi) is 12.5. The van der Waals surface area contributed by atoms with E-state index in [4.69, 9.17) is 24.0 Å². The number of β-lactam (4-membered cyclic amide) rings is 1. The van der Waals surface area contributed by atoms with Gasteiger partial charge in [0.15, 0.2) is 14.1 Å². The lowest BCUT2D eigenvalue weighted by Gasteiger charge is -2.43. The number of hydrogen-bond acceptors (Lipinski definition) is 5. The number of benzene rings is 2. The fraction of sp³-hybridized carbons (Fsp3) is 0.500. The quantitative estimate of drug-likeness (QED) is 0.181. The molecule has 0 saturated carbocycles. The van der Waals surface area contributed by atoms with E-state index in [1.54, 1.807) is 53.4 Å². The third-order valence-electron chi connectivity index (χ3n) is 7.41. The number of carbonyl (C=O) groups is 2. The molecule has 2 atom stereocenters. The van der Waals surface area contributed by atoms with E-state index in [2.05, 4.69) is 33.9 Å². The van der Waals surface area contributed by atoms with Gasteiger partial charge in [-0.15, -0.1) is 0 Å². The largest absolute Gasteiger partial charge is 0.417 e. The summed E-state index contributed by atoms with van der Waals surface area (Å²) in [6.45, 7) is 12.1. The average Bonchev–Trinajstić information content (AvgIpc) is 3.18. The molecule has 0 spiro atoms. The summed E-state index contributed by atoms with van der Waals surface area (Å²) >= 11 is 0. The van der Waals surface area contributed by atoms with Gasteiger partial charge in [-0.3, -0.25) is 18.7 Å². The molecule has 2 heterocycles.